The number of aromatic nitrogens is 2. The van der Waals surface area contributed by atoms with Crippen LogP contribution in [0.4, 0.5) is 13.2 Å². The van der Waals surface area contributed by atoms with Crippen LogP contribution in [0, 0.1) is 0 Å². The standard InChI is InChI=1S/C22H21F3N4O4/c23-22(24,25)33-16-7-5-15(6-8-16)13-27-9-11-28(12-10-27)19(30)14-29-18-4-2-1-3-17(18)20(31)26-21(29)32/h1-8H,9-14H2,(H,26,31,32). The molecule has 4 rings (SSSR count). The topological polar surface area (TPSA) is 87.6 Å². The number of carbonyl (C=O) groups is 1. The molecule has 174 valence electrons. The van der Waals surface area contributed by atoms with Crippen molar-refractivity contribution in [2.75, 3.05) is 26.2 Å². The van der Waals surface area contributed by atoms with Gasteiger partial charge in [0.05, 0.1) is 10.9 Å². The monoisotopic (exact) mass is 462 g/mol. The molecule has 8 nitrogen and oxygen atoms in total. The Labute approximate surface area is 185 Å². The van der Waals surface area contributed by atoms with Crippen molar-refractivity contribution in [1.82, 2.24) is 19.4 Å². The fourth-order valence-corrected chi connectivity index (χ4v) is 3.84. The molecule has 0 radical (unpaired) electrons. The normalized spacial score (nSPS) is 15.1. The molecule has 2 aromatic carbocycles. The molecule has 33 heavy (non-hydrogen) atoms. The zero-order valence-corrected chi connectivity index (χ0v) is 17.5. The van der Waals surface area contributed by atoms with E-state index in [4.69, 9.17) is 0 Å². The number of amides is 1. The van der Waals surface area contributed by atoms with Gasteiger partial charge in [0.2, 0.25) is 5.91 Å². The van der Waals surface area contributed by atoms with Gasteiger partial charge in [0.1, 0.15) is 12.3 Å². The molecule has 0 spiro atoms. The van der Waals surface area contributed by atoms with E-state index in [2.05, 4.69) is 14.6 Å². The van der Waals surface area contributed by atoms with Crippen molar-refractivity contribution in [1.29, 1.82) is 0 Å². The van der Waals surface area contributed by atoms with Gasteiger partial charge in [0.25, 0.3) is 5.56 Å². The number of benzene rings is 2. The van der Waals surface area contributed by atoms with Crippen molar-refractivity contribution >= 4 is 16.8 Å². The Morgan fingerprint density at radius 3 is 2.30 bits per heavy atom. The van der Waals surface area contributed by atoms with Crippen LogP contribution >= 0.6 is 0 Å². The van der Waals surface area contributed by atoms with Gasteiger partial charge >= 0.3 is 12.1 Å². The van der Waals surface area contributed by atoms with E-state index in [1.807, 2.05) is 0 Å². The molecule has 0 aliphatic carbocycles. The number of ether oxygens (including phenoxy) is 1. The summed E-state index contributed by atoms with van der Waals surface area (Å²) in [6.07, 6.45) is -4.73. The molecule has 0 unspecified atom stereocenters. The van der Waals surface area contributed by atoms with Crippen LogP contribution in [0.2, 0.25) is 0 Å². The van der Waals surface area contributed by atoms with E-state index in [0.29, 0.717) is 43.6 Å². The van der Waals surface area contributed by atoms with Crippen LogP contribution < -0.4 is 16.0 Å². The molecular weight excluding hydrogens is 441 g/mol. The number of piperazine rings is 1. The molecule has 3 aromatic rings. The number of aromatic amines is 1. The van der Waals surface area contributed by atoms with Crippen LogP contribution in [0.15, 0.2) is 58.1 Å². The summed E-state index contributed by atoms with van der Waals surface area (Å²) in [5.74, 6) is -0.505. The van der Waals surface area contributed by atoms with Gasteiger partial charge in [-0.25, -0.2) is 4.79 Å². The highest BCUT2D eigenvalue weighted by atomic mass is 19.4. The predicted molar refractivity (Wildman–Crippen MR) is 114 cm³/mol. The van der Waals surface area contributed by atoms with Crippen molar-refractivity contribution in [2.24, 2.45) is 0 Å². The van der Waals surface area contributed by atoms with Gasteiger partial charge in [-0.05, 0) is 29.8 Å². The zero-order valence-electron chi connectivity index (χ0n) is 17.5. The Hall–Kier alpha value is -3.60. The molecule has 2 heterocycles. The lowest BCUT2D eigenvalue weighted by atomic mass is 10.2. The summed E-state index contributed by atoms with van der Waals surface area (Å²) in [5.41, 5.74) is 0.0984. The van der Waals surface area contributed by atoms with Gasteiger partial charge in [0, 0.05) is 32.7 Å². The molecule has 0 bridgehead atoms. The Balaban J connectivity index is 1.35. The highest BCUT2D eigenvalue weighted by Gasteiger charge is 2.31. The van der Waals surface area contributed by atoms with E-state index in [9.17, 15) is 27.6 Å². The van der Waals surface area contributed by atoms with E-state index >= 15 is 0 Å². The minimum absolute atomic E-state index is 0.184. The fourth-order valence-electron chi connectivity index (χ4n) is 3.84. The second kappa shape index (κ2) is 9.10. The van der Waals surface area contributed by atoms with Crippen LogP contribution in [-0.2, 0) is 17.9 Å². The van der Waals surface area contributed by atoms with Crippen LogP contribution in [-0.4, -0.2) is 57.8 Å². The van der Waals surface area contributed by atoms with Gasteiger partial charge in [-0.3, -0.25) is 24.0 Å². The number of nitrogens with zero attached hydrogens (tertiary/aromatic N) is 3. The summed E-state index contributed by atoms with van der Waals surface area (Å²) in [6, 6.07) is 12.3. The third-order valence-corrected chi connectivity index (χ3v) is 5.49. The maximum atomic E-state index is 12.8. The molecule has 1 fully saturated rings. The predicted octanol–water partition coefficient (Wildman–Crippen LogP) is 1.93. The van der Waals surface area contributed by atoms with E-state index in [1.54, 1.807) is 41.3 Å². The Bertz CT molecular complexity index is 1260. The van der Waals surface area contributed by atoms with Gasteiger partial charge in [-0.15, -0.1) is 13.2 Å². The highest BCUT2D eigenvalue weighted by molar-refractivity contribution is 5.81. The summed E-state index contributed by atoms with van der Waals surface area (Å²) < 4.78 is 42.0. The number of alkyl halides is 3. The number of carbonyl (C=O) groups excluding carboxylic acids is 1. The fraction of sp³-hybridized carbons (Fsp3) is 0.318. The van der Waals surface area contributed by atoms with E-state index < -0.39 is 17.6 Å². The lowest BCUT2D eigenvalue weighted by molar-refractivity contribution is -0.274. The largest absolute Gasteiger partial charge is 0.573 e. The van der Waals surface area contributed by atoms with Crippen molar-refractivity contribution in [3.63, 3.8) is 0 Å². The van der Waals surface area contributed by atoms with Crippen LogP contribution in [0.1, 0.15) is 5.56 Å². The first-order valence-electron chi connectivity index (χ1n) is 10.3. The van der Waals surface area contributed by atoms with E-state index in [1.165, 1.54) is 16.7 Å². The molecule has 1 saturated heterocycles. The second-order valence-corrected chi connectivity index (χ2v) is 7.71. The lowest BCUT2D eigenvalue weighted by Gasteiger charge is -2.35. The Morgan fingerprint density at radius 1 is 0.970 bits per heavy atom. The SMILES string of the molecule is O=C(Cn1c(=O)[nH]c(=O)c2ccccc21)N1CCN(Cc2ccc(OC(F)(F)F)cc2)CC1. The smallest absolute Gasteiger partial charge is 0.406 e. The van der Waals surface area contributed by atoms with E-state index in [-0.39, 0.29) is 18.2 Å². The number of H-pyrrole nitrogens is 1. The first-order valence-corrected chi connectivity index (χ1v) is 10.3. The van der Waals surface area contributed by atoms with Gasteiger partial charge in [0.15, 0.2) is 0 Å². The van der Waals surface area contributed by atoms with Crippen LogP contribution in [0.3, 0.4) is 0 Å². The summed E-state index contributed by atoms with van der Waals surface area (Å²) >= 11 is 0. The molecule has 0 saturated carbocycles. The number of halogens is 3. The van der Waals surface area contributed by atoms with Crippen molar-refractivity contribution in [2.45, 2.75) is 19.5 Å². The first kappa shape index (κ1) is 22.6. The zero-order chi connectivity index (χ0) is 23.6. The maximum absolute atomic E-state index is 12.8. The van der Waals surface area contributed by atoms with E-state index in [0.717, 1.165) is 5.56 Å². The average Bonchev–Trinajstić information content (AvgIpc) is 2.77. The summed E-state index contributed by atoms with van der Waals surface area (Å²) in [7, 11) is 0. The molecule has 1 aromatic heterocycles. The second-order valence-electron chi connectivity index (χ2n) is 7.71. The number of nitrogens with one attached hydrogen (secondary N) is 1. The van der Waals surface area contributed by atoms with Gasteiger partial charge in [-0.1, -0.05) is 24.3 Å². The maximum Gasteiger partial charge on any atom is 0.573 e. The van der Waals surface area contributed by atoms with Crippen molar-refractivity contribution in [3.8, 4) is 5.75 Å². The van der Waals surface area contributed by atoms with Crippen LogP contribution in [0.5, 0.6) is 5.75 Å². The summed E-state index contributed by atoms with van der Waals surface area (Å²) in [6.45, 7) is 2.39. The third-order valence-electron chi connectivity index (χ3n) is 5.49. The molecule has 11 heteroatoms. The first-order chi connectivity index (χ1) is 15.7. The quantitative estimate of drug-likeness (QED) is 0.626. The molecule has 1 amide bonds. The minimum atomic E-state index is -4.73. The average molecular weight is 462 g/mol. The Morgan fingerprint density at radius 2 is 1.64 bits per heavy atom. The lowest BCUT2D eigenvalue weighted by Crippen LogP contribution is -2.49. The van der Waals surface area contributed by atoms with Crippen LogP contribution in [0.25, 0.3) is 10.9 Å². The molecule has 0 atom stereocenters. The molecular formula is C22H21F3N4O4. The number of hydrogen-bond donors (Lipinski definition) is 1. The third kappa shape index (κ3) is 5.43. The summed E-state index contributed by atoms with van der Waals surface area (Å²) in [4.78, 5) is 43.1. The van der Waals surface area contributed by atoms with Crippen molar-refractivity contribution in [3.05, 3.63) is 74.9 Å². The number of hydrogen-bond acceptors (Lipinski definition) is 5. The number of rotatable bonds is 5. The van der Waals surface area contributed by atoms with Gasteiger partial charge in [-0.2, -0.15) is 0 Å². The molecule has 1 aliphatic rings. The number of para-hydroxylation sites is 1. The number of fused-ring (bicyclic) bond motifs is 1. The van der Waals surface area contributed by atoms with Crippen molar-refractivity contribution < 1.29 is 22.7 Å². The van der Waals surface area contributed by atoms with Gasteiger partial charge < -0.3 is 9.64 Å². The highest BCUT2D eigenvalue weighted by Crippen LogP contribution is 2.23. The molecule has 1 aliphatic heterocycles. The Kier molecular flexibility index (Phi) is 6.23. The molecule has 1 N–H and O–H groups in total. The minimum Gasteiger partial charge on any atom is -0.406 e. The summed E-state index contributed by atoms with van der Waals surface area (Å²) in [5, 5.41) is 0.335.